The summed E-state index contributed by atoms with van der Waals surface area (Å²) < 4.78 is 26.8. The second-order valence-corrected chi connectivity index (χ2v) is 4.73. The maximum absolute atomic E-state index is 13.6. The lowest BCUT2D eigenvalue weighted by molar-refractivity contribution is -0.133. The highest BCUT2D eigenvalue weighted by atomic mass is 19.2. The third-order valence-electron chi connectivity index (χ3n) is 3.55. The number of hydrogen-bond acceptors (Lipinski definition) is 2. The third-order valence-corrected chi connectivity index (χ3v) is 3.55. The summed E-state index contributed by atoms with van der Waals surface area (Å²) in [5.41, 5.74) is 0.276. The van der Waals surface area contributed by atoms with Crippen LogP contribution in [0.3, 0.4) is 0 Å². The molecule has 19 heavy (non-hydrogen) atoms. The number of carbonyl (C=O) groups is 1. The molecule has 1 aromatic carbocycles. The molecular formula is C14H17F2NO2. The normalized spacial score (nSPS) is 21.3. The Morgan fingerprint density at radius 2 is 2.21 bits per heavy atom. The van der Waals surface area contributed by atoms with Crippen molar-refractivity contribution in [3.63, 3.8) is 0 Å². The zero-order valence-electron chi connectivity index (χ0n) is 10.8. The van der Waals surface area contributed by atoms with Gasteiger partial charge in [-0.15, -0.1) is 0 Å². The Labute approximate surface area is 110 Å². The van der Waals surface area contributed by atoms with Gasteiger partial charge in [0.05, 0.1) is 6.61 Å². The van der Waals surface area contributed by atoms with Crippen molar-refractivity contribution in [2.75, 3.05) is 19.7 Å². The van der Waals surface area contributed by atoms with Crippen molar-refractivity contribution in [3.8, 4) is 0 Å². The minimum absolute atomic E-state index is 0.0920. The van der Waals surface area contributed by atoms with Gasteiger partial charge in [-0.3, -0.25) is 4.79 Å². The summed E-state index contributed by atoms with van der Waals surface area (Å²) in [6.45, 7) is 2.53. The van der Waals surface area contributed by atoms with Crippen molar-refractivity contribution in [2.24, 2.45) is 5.92 Å². The van der Waals surface area contributed by atoms with Gasteiger partial charge < -0.3 is 10.0 Å². The van der Waals surface area contributed by atoms with Crippen LogP contribution in [-0.2, 0) is 4.79 Å². The maximum atomic E-state index is 13.6. The number of amides is 1. The van der Waals surface area contributed by atoms with Crippen molar-refractivity contribution >= 4 is 5.91 Å². The molecular weight excluding hydrogens is 252 g/mol. The molecule has 1 fully saturated rings. The van der Waals surface area contributed by atoms with Crippen molar-refractivity contribution in [2.45, 2.75) is 19.3 Å². The lowest BCUT2D eigenvalue weighted by Gasteiger charge is -2.19. The summed E-state index contributed by atoms with van der Waals surface area (Å²) in [5.74, 6) is -2.35. The van der Waals surface area contributed by atoms with E-state index < -0.39 is 11.6 Å². The van der Waals surface area contributed by atoms with Gasteiger partial charge in [-0.1, -0.05) is 12.1 Å². The minimum atomic E-state index is -0.877. The van der Waals surface area contributed by atoms with Crippen LogP contribution in [0.25, 0.3) is 0 Å². The van der Waals surface area contributed by atoms with Gasteiger partial charge in [0.25, 0.3) is 0 Å². The van der Waals surface area contributed by atoms with Crippen molar-refractivity contribution in [1.82, 2.24) is 4.90 Å². The van der Waals surface area contributed by atoms with Crippen LogP contribution in [0.2, 0.25) is 0 Å². The number of rotatable bonds is 5. The molecule has 0 heterocycles. The van der Waals surface area contributed by atoms with Gasteiger partial charge in [0.2, 0.25) is 5.91 Å². The summed E-state index contributed by atoms with van der Waals surface area (Å²) in [5, 5.41) is 8.88. The summed E-state index contributed by atoms with van der Waals surface area (Å²) in [6, 6.07) is 4.06. The van der Waals surface area contributed by atoms with Gasteiger partial charge in [0.15, 0.2) is 11.6 Å². The molecule has 1 aromatic rings. The fourth-order valence-electron chi connectivity index (χ4n) is 2.40. The molecule has 1 saturated carbocycles. The van der Waals surface area contributed by atoms with Crippen molar-refractivity contribution in [1.29, 1.82) is 0 Å². The Bertz CT molecular complexity index is 479. The van der Waals surface area contributed by atoms with Crippen LogP contribution in [0.4, 0.5) is 8.78 Å². The van der Waals surface area contributed by atoms with E-state index in [1.54, 1.807) is 4.90 Å². The molecule has 2 atom stereocenters. The SMILES string of the molecule is CCN(CCO)C(=O)C1CC1c1cccc(F)c1F. The molecule has 1 N–H and O–H groups in total. The Balaban J connectivity index is 2.08. The highest BCUT2D eigenvalue weighted by Gasteiger charge is 2.46. The van der Waals surface area contributed by atoms with Crippen LogP contribution in [0, 0.1) is 17.6 Å². The topological polar surface area (TPSA) is 40.5 Å². The van der Waals surface area contributed by atoms with Crippen LogP contribution < -0.4 is 0 Å². The molecule has 0 saturated heterocycles. The summed E-state index contributed by atoms with van der Waals surface area (Å²) in [7, 11) is 0. The molecule has 104 valence electrons. The summed E-state index contributed by atoms with van der Waals surface area (Å²) in [4.78, 5) is 13.6. The molecule has 1 aliphatic rings. The average molecular weight is 269 g/mol. The monoisotopic (exact) mass is 269 g/mol. The molecule has 0 radical (unpaired) electrons. The van der Waals surface area contributed by atoms with Crippen LogP contribution in [-0.4, -0.2) is 35.6 Å². The number of halogens is 2. The number of nitrogens with zero attached hydrogens (tertiary/aromatic N) is 1. The molecule has 0 aromatic heterocycles. The molecule has 0 aliphatic heterocycles. The molecule has 1 amide bonds. The maximum Gasteiger partial charge on any atom is 0.226 e. The van der Waals surface area contributed by atoms with E-state index in [0.717, 1.165) is 6.07 Å². The summed E-state index contributed by atoms with van der Waals surface area (Å²) >= 11 is 0. The molecule has 5 heteroatoms. The van der Waals surface area contributed by atoms with Crippen molar-refractivity contribution < 1.29 is 18.7 Å². The van der Waals surface area contributed by atoms with Gasteiger partial charge >= 0.3 is 0 Å². The number of hydrogen-bond donors (Lipinski definition) is 1. The highest BCUT2D eigenvalue weighted by Crippen LogP contribution is 2.49. The highest BCUT2D eigenvalue weighted by molar-refractivity contribution is 5.83. The number of aliphatic hydroxyl groups excluding tert-OH is 1. The molecule has 0 bridgehead atoms. The number of benzene rings is 1. The second kappa shape index (κ2) is 5.65. The first-order chi connectivity index (χ1) is 9.10. The number of aliphatic hydroxyl groups is 1. The van der Waals surface area contributed by atoms with E-state index in [1.807, 2.05) is 6.92 Å². The van der Waals surface area contributed by atoms with E-state index in [9.17, 15) is 13.6 Å². The molecule has 0 spiro atoms. The largest absolute Gasteiger partial charge is 0.395 e. The van der Waals surface area contributed by atoms with Gasteiger partial charge in [-0.25, -0.2) is 8.78 Å². The van der Waals surface area contributed by atoms with E-state index in [1.165, 1.54) is 12.1 Å². The van der Waals surface area contributed by atoms with Crippen LogP contribution in [0.15, 0.2) is 18.2 Å². The molecule has 1 aliphatic carbocycles. The van der Waals surface area contributed by atoms with Gasteiger partial charge in [-0.2, -0.15) is 0 Å². The first-order valence-corrected chi connectivity index (χ1v) is 6.43. The Morgan fingerprint density at radius 1 is 1.47 bits per heavy atom. The fourth-order valence-corrected chi connectivity index (χ4v) is 2.40. The van der Waals surface area contributed by atoms with Crippen LogP contribution in [0.1, 0.15) is 24.8 Å². The van der Waals surface area contributed by atoms with Crippen LogP contribution in [0.5, 0.6) is 0 Å². The zero-order chi connectivity index (χ0) is 14.0. The third kappa shape index (κ3) is 2.76. The Hall–Kier alpha value is -1.49. The lowest BCUT2D eigenvalue weighted by Crippen LogP contribution is -2.34. The van der Waals surface area contributed by atoms with E-state index in [2.05, 4.69) is 0 Å². The van der Waals surface area contributed by atoms with E-state index in [4.69, 9.17) is 5.11 Å². The second-order valence-electron chi connectivity index (χ2n) is 4.73. The van der Waals surface area contributed by atoms with E-state index in [-0.39, 0.29) is 36.5 Å². The molecule has 2 rings (SSSR count). The number of likely N-dealkylation sites (N-methyl/N-ethyl adjacent to an activating group) is 1. The zero-order valence-corrected chi connectivity index (χ0v) is 10.8. The van der Waals surface area contributed by atoms with E-state index >= 15 is 0 Å². The summed E-state index contributed by atoms with van der Waals surface area (Å²) in [6.07, 6.45) is 0.543. The predicted molar refractivity (Wildman–Crippen MR) is 66.5 cm³/mol. The van der Waals surface area contributed by atoms with Crippen LogP contribution >= 0.6 is 0 Å². The Morgan fingerprint density at radius 3 is 2.84 bits per heavy atom. The minimum Gasteiger partial charge on any atom is -0.395 e. The van der Waals surface area contributed by atoms with Gasteiger partial charge in [0.1, 0.15) is 0 Å². The Kier molecular flexibility index (Phi) is 4.14. The first kappa shape index (κ1) is 13.9. The van der Waals surface area contributed by atoms with Gasteiger partial charge in [-0.05, 0) is 30.9 Å². The standard InChI is InChI=1S/C14H17F2NO2/c1-2-17(6-7-18)14(19)11-8-10(11)9-4-3-5-12(15)13(9)16/h3-5,10-11,18H,2,6-8H2,1H3. The lowest BCUT2D eigenvalue weighted by atomic mass is 10.1. The predicted octanol–water partition coefficient (Wildman–Crippen LogP) is 1.91. The fraction of sp³-hybridized carbons (Fsp3) is 0.500. The quantitative estimate of drug-likeness (QED) is 0.887. The smallest absolute Gasteiger partial charge is 0.226 e. The van der Waals surface area contributed by atoms with E-state index in [0.29, 0.717) is 13.0 Å². The van der Waals surface area contributed by atoms with Gasteiger partial charge in [0, 0.05) is 19.0 Å². The first-order valence-electron chi connectivity index (χ1n) is 6.43. The molecule has 3 nitrogen and oxygen atoms in total. The average Bonchev–Trinajstić information content (AvgIpc) is 3.18. The van der Waals surface area contributed by atoms with Crippen molar-refractivity contribution in [3.05, 3.63) is 35.4 Å². The number of carbonyl (C=O) groups excluding carboxylic acids is 1. The molecule has 2 unspecified atom stereocenters.